The topological polar surface area (TPSA) is 75.6 Å². The summed E-state index contributed by atoms with van der Waals surface area (Å²) in [5.74, 6) is -0.291. The van der Waals surface area contributed by atoms with Crippen molar-refractivity contribution in [2.75, 3.05) is 18.6 Å². The van der Waals surface area contributed by atoms with E-state index in [0.717, 1.165) is 23.1 Å². The number of benzene rings is 1. The fourth-order valence-corrected chi connectivity index (χ4v) is 2.05. The molecule has 6 heteroatoms. The zero-order valence-electron chi connectivity index (χ0n) is 10.9. The number of thioether (sulfide) groups is 1. The summed E-state index contributed by atoms with van der Waals surface area (Å²) in [6.45, 7) is 1.87. The smallest absolute Gasteiger partial charge is 0.313 e. The molecule has 0 aliphatic heterocycles. The van der Waals surface area contributed by atoms with Crippen molar-refractivity contribution in [3.8, 4) is 5.75 Å². The molecule has 0 heterocycles. The zero-order valence-corrected chi connectivity index (χ0v) is 11.7. The van der Waals surface area contributed by atoms with E-state index in [1.54, 1.807) is 7.11 Å². The third kappa shape index (κ3) is 5.65. The first-order valence-corrected chi connectivity index (χ1v) is 6.91. The second kappa shape index (κ2) is 7.68. The molecular weight excluding hydrogens is 266 g/mol. The Kier molecular flexibility index (Phi) is 6.21. The van der Waals surface area contributed by atoms with E-state index in [4.69, 9.17) is 9.84 Å². The number of carbonyl (C=O) groups excluding carboxylic acids is 1. The first kappa shape index (κ1) is 15.4. The SMILES string of the molecule is COc1cccc([C@H](C)NC(=O)CSCC(=O)O)c1. The standard InChI is InChI=1S/C13H17NO4S/c1-9(10-4-3-5-11(6-10)18-2)14-12(15)7-19-8-13(16)17/h3-6,9H,7-8H2,1-2H3,(H,14,15)(H,16,17)/t9-/m0/s1. The molecule has 0 aliphatic rings. The Labute approximate surface area is 116 Å². The number of carboxylic acids is 1. The molecule has 0 unspecified atom stereocenters. The van der Waals surface area contributed by atoms with Gasteiger partial charge in [-0.15, -0.1) is 11.8 Å². The average Bonchev–Trinajstić information content (AvgIpc) is 2.38. The minimum Gasteiger partial charge on any atom is -0.497 e. The molecule has 0 aromatic heterocycles. The van der Waals surface area contributed by atoms with Gasteiger partial charge in [-0.25, -0.2) is 0 Å². The van der Waals surface area contributed by atoms with Crippen molar-refractivity contribution < 1.29 is 19.4 Å². The molecule has 1 atom stereocenters. The van der Waals surface area contributed by atoms with Crippen LogP contribution in [0.1, 0.15) is 18.5 Å². The van der Waals surface area contributed by atoms with Crippen LogP contribution in [0.3, 0.4) is 0 Å². The lowest BCUT2D eigenvalue weighted by Gasteiger charge is -2.14. The second-order valence-corrected chi connectivity index (χ2v) is 4.94. The number of ether oxygens (including phenoxy) is 1. The molecule has 0 spiro atoms. The van der Waals surface area contributed by atoms with Crippen LogP contribution in [0.4, 0.5) is 0 Å². The van der Waals surface area contributed by atoms with Gasteiger partial charge in [-0.1, -0.05) is 12.1 Å². The molecule has 1 aromatic carbocycles. The van der Waals surface area contributed by atoms with Crippen molar-refractivity contribution in [2.24, 2.45) is 0 Å². The largest absolute Gasteiger partial charge is 0.497 e. The number of carbonyl (C=O) groups is 2. The first-order valence-electron chi connectivity index (χ1n) is 5.75. The molecule has 2 N–H and O–H groups in total. The molecule has 0 bridgehead atoms. The fourth-order valence-electron chi connectivity index (χ4n) is 1.51. The summed E-state index contributed by atoms with van der Waals surface area (Å²) in [4.78, 5) is 21.9. The van der Waals surface area contributed by atoms with Gasteiger partial charge in [0, 0.05) is 0 Å². The number of methoxy groups -OCH3 is 1. The van der Waals surface area contributed by atoms with Crippen LogP contribution in [-0.4, -0.2) is 35.6 Å². The number of aliphatic carboxylic acids is 1. The van der Waals surface area contributed by atoms with Crippen LogP contribution < -0.4 is 10.1 Å². The molecule has 0 saturated heterocycles. The van der Waals surface area contributed by atoms with Crippen molar-refractivity contribution in [1.82, 2.24) is 5.32 Å². The van der Waals surface area contributed by atoms with Crippen LogP contribution >= 0.6 is 11.8 Å². The molecule has 0 aliphatic carbocycles. The Morgan fingerprint density at radius 2 is 2.16 bits per heavy atom. The minimum absolute atomic E-state index is 0.0685. The molecule has 1 rings (SSSR count). The monoisotopic (exact) mass is 283 g/mol. The van der Waals surface area contributed by atoms with Gasteiger partial charge in [0.1, 0.15) is 5.75 Å². The summed E-state index contributed by atoms with van der Waals surface area (Å²) in [6, 6.07) is 7.30. The Morgan fingerprint density at radius 3 is 2.79 bits per heavy atom. The van der Waals surface area contributed by atoms with Crippen LogP contribution in [0.5, 0.6) is 5.75 Å². The highest BCUT2D eigenvalue weighted by Gasteiger charge is 2.10. The molecule has 1 aromatic rings. The quantitative estimate of drug-likeness (QED) is 0.796. The summed E-state index contributed by atoms with van der Waals surface area (Å²) < 4.78 is 5.12. The van der Waals surface area contributed by atoms with Gasteiger partial charge in [0.2, 0.25) is 5.91 Å². The van der Waals surface area contributed by atoms with E-state index in [1.807, 2.05) is 31.2 Å². The van der Waals surface area contributed by atoms with Crippen molar-refractivity contribution >= 4 is 23.6 Å². The van der Waals surface area contributed by atoms with E-state index in [1.165, 1.54) is 0 Å². The fraction of sp³-hybridized carbons (Fsp3) is 0.385. The van der Waals surface area contributed by atoms with Gasteiger partial charge in [-0.05, 0) is 24.6 Å². The van der Waals surface area contributed by atoms with E-state index >= 15 is 0 Å². The number of carboxylic acid groups (broad SMARTS) is 1. The van der Waals surface area contributed by atoms with Gasteiger partial charge >= 0.3 is 5.97 Å². The third-order valence-electron chi connectivity index (χ3n) is 2.43. The predicted octanol–water partition coefficient (Wildman–Crippen LogP) is 1.69. The highest BCUT2D eigenvalue weighted by Crippen LogP contribution is 2.18. The normalized spacial score (nSPS) is 11.7. The Hall–Kier alpha value is -1.69. The maximum Gasteiger partial charge on any atom is 0.313 e. The highest BCUT2D eigenvalue weighted by atomic mass is 32.2. The molecule has 0 fully saturated rings. The number of nitrogens with one attached hydrogen (secondary N) is 1. The third-order valence-corrected chi connectivity index (χ3v) is 3.35. The second-order valence-electron chi connectivity index (χ2n) is 3.95. The molecule has 104 valence electrons. The molecule has 19 heavy (non-hydrogen) atoms. The Morgan fingerprint density at radius 1 is 1.42 bits per heavy atom. The maximum absolute atomic E-state index is 11.6. The van der Waals surface area contributed by atoms with Crippen molar-refractivity contribution in [2.45, 2.75) is 13.0 Å². The number of rotatable bonds is 7. The van der Waals surface area contributed by atoms with Crippen LogP contribution in [-0.2, 0) is 9.59 Å². The Balaban J connectivity index is 2.46. The van der Waals surface area contributed by atoms with E-state index in [0.29, 0.717) is 0 Å². The van der Waals surface area contributed by atoms with Gasteiger partial charge in [-0.2, -0.15) is 0 Å². The molecular formula is C13H17NO4S. The van der Waals surface area contributed by atoms with Crippen LogP contribution in [0, 0.1) is 0 Å². The van der Waals surface area contributed by atoms with E-state index in [2.05, 4.69) is 5.32 Å². The van der Waals surface area contributed by atoms with Gasteiger partial charge in [-0.3, -0.25) is 9.59 Å². The van der Waals surface area contributed by atoms with Crippen LogP contribution in [0.25, 0.3) is 0 Å². The van der Waals surface area contributed by atoms with Crippen LogP contribution in [0.2, 0.25) is 0 Å². The minimum atomic E-state index is -0.918. The summed E-state index contributed by atoms with van der Waals surface area (Å²) in [6.07, 6.45) is 0. The molecule has 0 saturated carbocycles. The first-order chi connectivity index (χ1) is 9.02. The zero-order chi connectivity index (χ0) is 14.3. The number of hydrogen-bond donors (Lipinski definition) is 2. The lowest BCUT2D eigenvalue weighted by Crippen LogP contribution is -2.28. The van der Waals surface area contributed by atoms with Crippen molar-refractivity contribution in [1.29, 1.82) is 0 Å². The van der Waals surface area contributed by atoms with Gasteiger partial charge in [0.15, 0.2) is 0 Å². The Bertz CT molecular complexity index is 450. The highest BCUT2D eigenvalue weighted by molar-refractivity contribution is 8.00. The maximum atomic E-state index is 11.6. The summed E-state index contributed by atoms with van der Waals surface area (Å²) in [5, 5.41) is 11.3. The molecule has 0 radical (unpaired) electrons. The average molecular weight is 283 g/mol. The number of hydrogen-bond acceptors (Lipinski definition) is 4. The molecule has 1 amide bonds. The number of amides is 1. The van der Waals surface area contributed by atoms with Gasteiger partial charge < -0.3 is 15.2 Å². The lowest BCUT2D eigenvalue weighted by atomic mass is 10.1. The van der Waals surface area contributed by atoms with Gasteiger partial charge in [0.25, 0.3) is 0 Å². The predicted molar refractivity (Wildman–Crippen MR) is 74.5 cm³/mol. The van der Waals surface area contributed by atoms with Crippen molar-refractivity contribution in [3.63, 3.8) is 0 Å². The van der Waals surface area contributed by atoms with Crippen LogP contribution in [0.15, 0.2) is 24.3 Å². The summed E-state index contributed by atoms with van der Waals surface area (Å²) >= 11 is 1.08. The molecule has 5 nitrogen and oxygen atoms in total. The van der Waals surface area contributed by atoms with Crippen molar-refractivity contribution in [3.05, 3.63) is 29.8 Å². The summed E-state index contributed by atoms with van der Waals surface area (Å²) in [5.41, 5.74) is 0.941. The van der Waals surface area contributed by atoms with E-state index in [-0.39, 0.29) is 23.5 Å². The van der Waals surface area contributed by atoms with Gasteiger partial charge in [0.05, 0.1) is 24.7 Å². The van der Waals surface area contributed by atoms with E-state index < -0.39 is 5.97 Å². The van der Waals surface area contributed by atoms with E-state index in [9.17, 15) is 9.59 Å². The lowest BCUT2D eigenvalue weighted by molar-refractivity contribution is -0.133. The summed E-state index contributed by atoms with van der Waals surface area (Å²) in [7, 11) is 1.59.